The van der Waals surface area contributed by atoms with Gasteiger partial charge >= 0.3 is 0 Å². The average Bonchev–Trinajstić information content (AvgIpc) is 3.15. The number of nitrogens with one attached hydrogen (secondary N) is 1. The van der Waals surface area contributed by atoms with Crippen molar-refractivity contribution < 1.29 is 4.39 Å². The summed E-state index contributed by atoms with van der Waals surface area (Å²) in [5.74, 6) is 1.52. The van der Waals surface area contributed by atoms with Crippen molar-refractivity contribution in [2.24, 2.45) is 0 Å². The Labute approximate surface area is 181 Å². The number of anilines is 1. The van der Waals surface area contributed by atoms with E-state index >= 15 is 0 Å². The summed E-state index contributed by atoms with van der Waals surface area (Å²) in [6, 6.07) is 9.38. The molecular weight excluding hydrogens is 389 g/mol. The standard InChI is InChI=1S/C25H26FN5/c26-18-7-5-17(6-8-18)23-24(21-13-14-27-25(29-21)28-19-9-10-19)31-20(11-12-22(31)30-23)15-16-3-1-2-4-16/h5-8,13-15,19-20H,1-4,9-12H2,(H,27,28,29). The first-order valence-corrected chi connectivity index (χ1v) is 11.4. The number of fused-ring (bicyclic) bond motifs is 1. The molecule has 1 unspecified atom stereocenters. The molecule has 0 radical (unpaired) electrons. The van der Waals surface area contributed by atoms with E-state index in [9.17, 15) is 4.39 Å². The molecule has 1 aliphatic heterocycles. The van der Waals surface area contributed by atoms with E-state index in [2.05, 4.69) is 20.9 Å². The van der Waals surface area contributed by atoms with Crippen LogP contribution in [0.15, 0.2) is 48.2 Å². The molecule has 2 aliphatic carbocycles. The SMILES string of the molecule is Fc1ccc(-c2nc3n(c2-c2ccnc(NC4CC4)n2)C(C=C2CCCC2)CC3)cc1. The monoisotopic (exact) mass is 415 g/mol. The molecule has 2 saturated carbocycles. The quantitative estimate of drug-likeness (QED) is 0.543. The average molecular weight is 416 g/mol. The van der Waals surface area contributed by atoms with Gasteiger partial charge in [0.05, 0.1) is 23.1 Å². The van der Waals surface area contributed by atoms with Gasteiger partial charge in [0.1, 0.15) is 11.6 Å². The van der Waals surface area contributed by atoms with E-state index in [0.717, 1.165) is 41.3 Å². The smallest absolute Gasteiger partial charge is 0.223 e. The van der Waals surface area contributed by atoms with E-state index < -0.39 is 0 Å². The maximum atomic E-state index is 13.6. The van der Waals surface area contributed by atoms with Crippen LogP contribution in [-0.2, 0) is 6.42 Å². The summed E-state index contributed by atoms with van der Waals surface area (Å²) in [5, 5.41) is 3.41. The molecule has 31 heavy (non-hydrogen) atoms. The zero-order valence-electron chi connectivity index (χ0n) is 17.5. The van der Waals surface area contributed by atoms with Crippen molar-refractivity contribution in [2.45, 2.75) is 63.5 Å². The Morgan fingerprint density at radius 3 is 2.55 bits per heavy atom. The number of hydrogen-bond donors (Lipinski definition) is 1. The van der Waals surface area contributed by atoms with Crippen LogP contribution >= 0.6 is 0 Å². The number of imidazole rings is 1. The highest BCUT2D eigenvalue weighted by Crippen LogP contribution is 2.41. The second-order valence-corrected chi connectivity index (χ2v) is 8.92. The Balaban J connectivity index is 1.49. The van der Waals surface area contributed by atoms with Gasteiger partial charge in [-0.2, -0.15) is 0 Å². The predicted octanol–water partition coefficient (Wildman–Crippen LogP) is 5.71. The Kier molecular flexibility index (Phi) is 4.59. The van der Waals surface area contributed by atoms with Crippen molar-refractivity contribution in [3.8, 4) is 22.6 Å². The first-order valence-electron chi connectivity index (χ1n) is 11.4. The molecule has 3 aromatic rings. The van der Waals surface area contributed by atoms with Crippen molar-refractivity contribution in [1.82, 2.24) is 19.5 Å². The molecule has 1 aromatic carbocycles. The normalized spacial score (nSPS) is 20.2. The van der Waals surface area contributed by atoms with Gasteiger partial charge in [-0.1, -0.05) is 11.6 Å². The zero-order valence-corrected chi connectivity index (χ0v) is 17.5. The lowest BCUT2D eigenvalue weighted by molar-refractivity contribution is 0.628. The molecular formula is C25H26FN5. The van der Waals surface area contributed by atoms with Crippen LogP contribution in [0.5, 0.6) is 0 Å². The number of aromatic nitrogens is 4. The maximum absolute atomic E-state index is 13.6. The molecule has 0 spiro atoms. The molecule has 5 nitrogen and oxygen atoms in total. The highest BCUT2D eigenvalue weighted by molar-refractivity contribution is 5.78. The third-order valence-electron chi connectivity index (χ3n) is 6.58. The van der Waals surface area contributed by atoms with Gasteiger partial charge in [-0.05, 0) is 75.3 Å². The van der Waals surface area contributed by atoms with Crippen molar-refractivity contribution in [2.75, 3.05) is 5.32 Å². The number of hydrogen-bond acceptors (Lipinski definition) is 4. The lowest BCUT2D eigenvalue weighted by atomic mass is 10.1. The van der Waals surface area contributed by atoms with Crippen LogP contribution in [0.3, 0.4) is 0 Å². The van der Waals surface area contributed by atoms with Crippen LogP contribution in [0.4, 0.5) is 10.3 Å². The van der Waals surface area contributed by atoms with E-state index in [0.29, 0.717) is 18.0 Å². The van der Waals surface area contributed by atoms with Gasteiger partial charge in [-0.3, -0.25) is 0 Å². The Morgan fingerprint density at radius 2 is 1.77 bits per heavy atom. The van der Waals surface area contributed by atoms with Crippen LogP contribution in [0, 0.1) is 5.82 Å². The van der Waals surface area contributed by atoms with Crippen molar-refractivity contribution in [3.63, 3.8) is 0 Å². The fourth-order valence-electron chi connectivity index (χ4n) is 4.87. The van der Waals surface area contributed by atoms with E-state index in [4.69, 9.17) is 9.97 Å². The first kappa shape index (κ1) is 18.7. The highest BCUT2D eigenvalue weighted by Gasteiger charge is 2.30. The Morgan fingerprint density at radius 1 is 0.968 bits per heavy atom. The van der Waals surface area contributed by atoms with Gasteiger partial charge in [-0.25, -0.2) is 19.3 Å². The van der Waals surface area contributed by atoms with Gasteiger partial charge in [0, 0.05) is 24.2 Å². The number of benzene rings is 1. The number of rotatable bonds is 5. The van der Waals surface area contributed by atoms with Crippen molar-refractivity contribution >= 4 is 5.95 Å². The second-order valence-electron chi connectivity index (χ2n) is 8.92. The summed E-state index contributed by atoms with van der Waals surface area (Å²) in [4.78, 5) is 14.3. The van der Waals surface area contributed by atoms with Crippen LogP contribution < -0.4 is 5.32 Å². The van der Waals surface area contributed by atoms with Crippen LogP contribution in [0.1, 0.15) is 56.8 Å². The van der Waals surface area contributed by atoms with Crippen LogP contribution in [0.2, 0.25) is 0 Å². The third kappa shape index (κ3) is 3.64. The summed E-state index contributed by atoms with van der Waals surface area (Å²) in [6.07, 6.45) is 13.7. The fourth-order valence-corrected chi connectivity index (χ4v) is 4.87. The van der Waals surface area contributed by atoms with Crippen molar-refractivity contribution in [1.29, 1.82) is 0 Å². The molecule has 1 N–H and O–H groups in total. The number of halogens is 1. The van der Waals surface area contributed by atoms with Crippen LogP contribution in [-0.4, -0.2) is 25.6 Å². The van der Waals surface area contributed by atoms with Gasteiger partial charge < -0.3 is 9.88 Å². The van der Waals surface area contributed by atoms with Crippen molar-refractivity contribution in [3.05, 3.63) is 59.8 Å². The number of allylic oxidation sites excluding steroid dienone is 2. The molecule has 3 aliphatic rings. The second kappa shape index (κ2) is 7.59. The van der Waals surface area contributed by atoms with Gasteiger partial charge in [0.25, 0.3) is 0 Å². The summed E-state index contributed by atoms with van der Waals surface area (Å²) in [7, 11) is 0. The molecule has 0 bridgehead atoms. The first-order chi connectivity index (χ1) is 15.2. The summed E-state index contributed by atoms with van der Waals surface area (Å²) in [6.45, 7) is 0. The maximum Gasteiger partial charge on any atom is 0.223 e. The molecule has 6 rings (SSSR count). The number of nitrogens with zero attached hydrogens (tertiary/aromatic N) is 4. The summed E-state index contributed by atoms with van der Waals surface area (Å²) < 4.78 is 16.0. The topological polar surface area (TPSA) is 55.6 Å². The summed E-state index contributed by atoms with van der Waals surface area (Å²) >= 11 is 0. The number of aryl methyl sites for hydroxylation is 1. The van der Waals surface area contributed by atoms with Crippen LogP contribution in [0.25, 0.3) is 22.6 Å². The van der Waals surface area contributed by atoms with Gasteiger partial charge in [0.15, 0.2) is 0 Å². The third-order valence-corrected chi connectivity index (χ3v) is 6.58. The minimum atomic E-state index is -0.237. The summed E-state index contributed by atoms with van der Waals surface area (Å²) in [5.41, 5.74) is 5.24. The lowest BCUT2D eigenvalue weighted by Crippen LogP contribution is -2.08. The minimum absolute atomic E-state index is 0.237. The molecule has 2 fully saturated rings. The Bertz CT molecular complexity index is 1140. The highest BCUT2D eigenvalue weighted by atomic mass is 19.1. The largest absolute Gasteiger partial charge is 0.351 e. The molecule has 0 amide bonds. The Hall–Kier alpha value is -3.02. The minimum Gasteiger partial charge on any atom is -0.351 e. The predicted molar refractivity (Wildman–Crippen MR) is 119 cm³/mol. The lowest BCUT2D eigenvalue weighted by Gasteiger charge is -2.16. The molecule has 2 aromatic heterocycles. The van der Waals surface area contributed by atoms with E-state index in [1.807, 2.05) is 24.4 Å². The van der Waals surface area contributed by atoms with E-state index in [1.165, 1.54) is 50.7 Å². The molecule has 0 saturated heterocycles. The van der Waals surface area contributed by atoms with E-state index in [1.54, 1.807) is 5.57 Å². The van der Waals surface area contributed by atoms with Gasteiger partial charge in [-0.15, -0.1) is 0 Å². The van der Waals surface area contributed by atoms with E-state index in [-0.39, 0.29) is 5.82 Å². The molecule has 1 atom stereocenters. The van der Waals surface area contributed by atoms with Gasteiger partial charge in [0.2, 0.25) is 5.95 Å². The zero-order chi connectivity index (χ0) is 20.8. The fraction of sp³-hybridized carbons (Fsp3) is 0.400. The molecule has 6 heteroatoms. The molecule has 158 valence electrons. The molecule has 3 heterocycles.